The van der Waals surface area contributed by atoms with Gasteiger partial charge in [0, 0.05) is 18.0 Å². The summed E-state index contributed by atoms with van der Waals surface area (Å²) in [7, 11) is 0. The largest absolute Gasteiger partial charge is 0.296 e. The molecule has 0 bridgehead atoms. The van der Waals surface area contributed by atoms with Crippen molar-refractivity contribution < 1.29 is 0 Å². The SMILES string of the molecule is ClCCCc1nc2ccccc2n1-c1ccccc1. The lowest BCUT2D eigenvalue weighted by Gasteiger charge is -2.08. The number of halogens is 1. The zero-order valence-electron chi connectivity index (χ0n) is 10.6. The third-order valence-corrected chi connectivity index (χ3v) is 3.45. The average Bonchev–Trinajstić information content (AvgIpc) is 2.84. The van der Waals surface area contributed by atoms with Crippen molar-refractivity contribution in [2.24, 2.45) is 0 Å². The van der Waals surface area contributed by atoms with Gasteiger partial charge in [0.05, 0.1) is 11.0 Å². The van der Waals surface area contributed by atoms with Gasteiger partial charge in [-0.3, -0.25) is 4.57 Å². The van der Waals surface area contributed by atoms with E-state index in [1.165, 1.54) is 0 Å². The van der Waals surface area contributed by atoms with E-state index >= 15 is 0 Å². The van der Waals surface area contributed by atoms with Crippen molar-refractivity contribution in [2.75, 3.05) is 5.88 Å². The molecule has 3 heteroatoms. The molecule has 0 radical (unpaired) electrons. The minimum absolute atomic E-state index is 0.665. The Morgan fingerprint density at radius 1 is 0.947 bits per heavy atom. The maximum absolute atomic E-state index is 5.81. The molecule has 0 aliphatic rings. The van der Waals surface area contributed by atoms with Crippen molar-refractivity contribution >= 4 is 22.6 Å². The zero-order chi connectivity index (χ0) is 13.1. The number of benzene rings is 2. The number of para-hydroxylation sites is 3. The smallest absolute Gasteiger partial charge is 0.114 e. The Labute approximate surface area is 117 Å². The fourth-order valence-corrected chi connectivity index (χ4v) is 2.47. The number of alkyl halides is 1. The van der Waals surface area contributed by atoms with Gasteiger partial charge in [-0.25, -0.2) is 4.98 Å². The first-order valence-electron chi connectivity index (χ1n) is 6.48. The molecule has 19 heavy (non-hydrogen) atoms. The highest BCUT2D eigenvalue weighted by Gasteiger charge is 2.11. The Morgan fingerprint density at radius 3 is 2.47 bits per heavy atom. The summed E-state index contributed by atoms with van der Waals surface area (Å²) in [5, 5.41) is 0. The van der Waals surface area contributed by atoms with E-state index in [1.54, 1.807) is 0 Å². The summed E-state index contributed by atoms with van der Waals surface area (Å²) >= 11 is 5.81. The van der Waals surface area contributed by atoms with Crippen LogP contribution in [0.5, 0.6) is 0 Å². The zero-order valence-corrected chi connectivity index (χ0v) is 11.3. The molecule has 2 nitrogen and oxygen atoms in total. The first kappa shape index (κ1) is 12.2. The van der Waals surface area contributed by atoms with Gasteiger partial charge in [0.2, 0.25) is 0 Å². The Bertz CT molecular complexity index is 674. The number of aryl methyl sites for hydroxylation is 1. The van der Waals surface area contributed by atoms with Gasteiger partial charge in [0.1, 0.15) is 5.82 Å². The van der Waals surface area contributed by atoms with Gasteiger partial charge >= 0.3 is 0 Å². The third kappa shape index (κ3) is 2.36. The molecular formula is C16H15ClN2. The van der Waals surface area contributed by atoms with Gasteiger partial charge < -0.3 is 0 Å². The molecule has 1 aromatic heterocycles. The summed E-state index contributed by atoms with van der Waals surface area (Å²) < 4.78 is 2.22. The topological polar surface area (TPSA) is 17.8 Å². The summed E-state index contributed by atoms with van der Waals surface area (Å²) in [5.41, 5.74) is 3.34. The van der Waals surface area contributed by atoms with Crippen molar-refractivity contribution in [1.82, 2.24) is 9.55 Å². The van der Waals surface area contributed by atoms with E-state index in [2.05, 4.69) is 47.0 Å². The van der Waals surface area contributed by atoms with Crippen LogP contribution < -0.4 is 0 Å². The van der Waals surface area contributed by atoms with Crippen LogP contribution >= 0.6 is 11.6 Å². The monoisotopic (exact) mass is 270 g/mol. The molecule has 0 saturated heterocycles. The Morgan fingerprint density at radius 2 is 1.68 bits per heavy atom. The summed E-state index contributed by atoms with van der Waals surface area (Å²) in [4.78, 5) is 4.73. The highest BCUT2D eigenvalue weighted by molar-refractivity contribution is 6.17. The highest BCUT2D eigenvalue weighted by Crippen LogP contribution is 2.22. The molecule has 3 rings (SSSR count). The Kier molecular flexibility index (Phi) is 3.51. The van der Waals surface area contributed by atoms with E-state index in [9.17, 15) is 0 Å². The maximum atomic E-state index is 5.81. The van der Waals surface area contributed by atoms with Crippen LogP contribution in [0.3, 0.4) is 0 Å². The van der Waals surface area contributed by atoms with Crippen LogP contribution in [0.15, 0.2) is 54.6 Å². The van der Waals surface area contributed by atoms with Crippen molar-refractivity contribution in [1.29, 1.82) is 0 Å². The lowest BCUT2D eigenvalue weighted by Crippen LogP contribution is -2.01. The number of imidazole rings is 1. The number of fused-ring (bicyclic) bond motifs is 1. The second-order valence-corrected chi connectivity index (χ2v) is 4.86. The second-order valence-electron chi connectivity index (χ2n) is 4.48. The van der Waals surface area contributed by atoms with Crippen LogP contribution in [0.4, 0.5) is 0 Å². The number of nitrogens with zero attached hydrogens (tertiary/aromatic N) is 2. The number of hydrogen-bond donors (Lipinski definition) is 0. The maximum Gasteiger partial charge on any atom is 0.114 e. The number of hydrogen-bond acceptors (Lipinski definition) is 1. The lowest BCUT2D eigenvalue weighted by atomic mass is 10.2. The van der Waals surface area contributed by atoms with E-state index in [4.69, 9.17) is 16.6 Å². The number of rotatable bonds is 4. The molecule has 0 atom stereocenters. The minimum atomic E-state index is 0.665. The number of aromatic nitrogens is 2. The predicted octanol–water partition coefficient (Wildman–Crippen LogP) is 4.20. The Balaban J connectivity index is 2.19. The first-order chi connectivity index (χ1) is 9.40. The van der Waals surface area contributed by atoms with E-state index in [1.807, 2.05) is 12.1 Å². The fourth-order valence-electron chi connectivity index (χ4n) is 2.33. The average molecular weight is 271 g/mol. The van der Waals surface area contributed by atoms with E-state index in [-0.39, 0.29) is 0 Å². The molecule has 0 saturated carbocycles. The van der Waals surface area contributed by atoms with Crippen molar-refractivity contribution in [3.05, 3.63) is 60.4 Å². The van der Waals surface area contributed by atoms with E-state index in [0.717, 1.165) is 35.4 Å². The van der Waals surface area contributed by atoms with Gasteiger partial charge in [-0.1, -0.05) is 30.3 Å². The molecule has 3 aromatic rings. The van der Waals surface area contributed by atoms with E-state index in [0.29, 0.717) is 5.88 Å². The molecule has 0 fully saturated rings. The van der Waals surface area contributed by atoms with E-state index < -0.39 is 0 Å². The molecule has 0 aliphatic heterocycles. The van der Waals surface area contributed by atoms with Crippen LogP contribution in [0, 0.1) is 0 Å². The second kappa shape index (κ2) is 5.45. The minimum Gasteiger partial charge on any atom is -0.296 e. The predicted molar refractivity (Wildman–Crippen MR) is 80.1 cm³/mol. The van der Waals surface area contributed by atoms with Crippen LogP contribution in [0.1, 0.15) is 12.2 Å². The van der Waals surface area contributed by atoms with Crippen LogP contribution in [0.25, 0.3) is 16.7 Å². The van der Waals surface area contributed by atoms with Crippen molar-refractivity contribution in [3.63, 3.8) is 0 Å². The molecule has 0 amide bonds. The summed E-state index contributed by atoms with van der Waals surface area (Å²) in [5.74, 6) is 1.74. The van der Waals surface area contributed by atoms with Gasteiger partial charge in [-0.05, 0) is 30.7 Å². The van der Waals surface area contributed by atoms with Gasteiger partial charge in [-0.2, -0.15) is 0 Å². The molecule has 1 heterocycles. The first-order valence-corrected chi connectivity index (χ1v) is 7.01. The summed E-state index contributed by atoms with van der Waals surface area (Å²) in [6.07, 6.45) is 1.84. The van der Waals surface area contributed by atoms with Crippen molar-refractivity contribution in [3.8, 4) is 5.69 Å². The molecule has 0 spiro atoms. The lowest BCUT2D eigenvalue weighted by molar-refractivity contribution is 0.822. The standard InChI is InChI=1S/C16H15ClN2/c17-12-6-11-16-18-14-9-4-5-10-15(14)19(16)13-7-2-1-3-8-13/h1-5,7-10H,6,11-12H2. The summed E-state index contributed by atoms with van der Waals surface area (Å²) in [6.45, 7) is 0. The fraction of sp³-hybridized carbons (Fsp3) is 0.188. The van der Waals surface area contributed by atoms with Gasteiger partial charge in [0.25, 0.3) is 0 Å². The molecule has 2 aromatic carbocycles. The molecule has 0 unspecified atom stereocenters. The van der Waals surface area contributed by atoms with Crippen molar-refractivity contribution in [2.45, 2.75) is 12.8 Å². The molecule has 0 aliphatic carbocycles. The van der Waals surface area contributed by atoms with Crippen LogP contribution in [-0.2, 0) is 6.42 Å². The van der Waals surface area contributed by atoms with Crippen LogP contribution in [0.2, 0.25) is 0 Å². The molecule has 96 valence electrons. The molecule has 0 N–H and O–H groups in total. The molecular weight excluding hydrogens is 256 g/mol. The van der Waals surface area contributed by atoms with Crippen LogP contribution in [-0.4, -0.2) is 15.4 Å². The Hall–Kier alpha value is -1.80. The third-order valence-electron chi connectivity index (χ3n) is 3.18. The van der Waals surface area contributed by atoms with Gasteiger partial charge in [0.15, 0.2) is 0 Å². The van der Waals surface area contributed by atoms with Gasteiger partial charge in [-0.15, -0.1) is 11.6 Å². The normalized spacial score (nSPS) is 11.0. The highest BCUT2D eigenvalue weighted by atomic mass is 35.5. The quantitative estimate of drug-likeness (QED) is 0.650. The summed E-state index contributed by atoms with van der Waals surface area (Å²) in [6, 6.07) is 18.6.